The molecule has 1 saturated heterocycles. The van der Waals surface area contributed by atoms with Crippen molar-refractivity contribution < 1.29 is 9.90 Å². The number of nitrogens with one attached hydrogen (secondary N) is 1. The lowest BCUT2D eigenvalue weighted by Gasteiger charge is -2.33. The molecule has 3 fully saturated rings. The maximum absolute atomic E-state index is 11.8. The lowest BCUT2D eigenvalue weighted by atomic mass is 9.85. The molecule has 5 nitrogen and oxygen atoms in total. The van der Waals surface area contributed by atoms with E-state index in [9.17, 15) is 9.90 Å². The van der Waals surface area contributed by atoms with E-state index < -0.39 is 5.97 Å². The van der Waals surface area contributed by atoms with Gasteiger partial charge in [-0.25, -0.2) is 0 Å². The highest BCUT2D eigenvalue weighted by Gasteiger charge is 2.39. The standard InChI is InChI=1S/C27H37N3O2/c31-27(32)25(16-20-6-7-20)23-9-8-21(14-23)18-30-12-10-22(11-13-30)26-17-24(28-29-26)15-19-4-2-1-3-5-19/h1-5,17,20-23,25H,6-16,18H2,(H,28,29)(H,31,32). The minimum Gasteiger partial charge on any atom is -0.481 e. The molecular formula is C27H37N3O2. The van der Waals surface area contributed by atoms with Crippen molar-refractivity contribution in [3.05, 3.63) is 53.3 Å². The Hall–Kier alpha value is -2.14. The van der Waals surface area contributed by atoms with Gasteiger partial charge in [-0.3, -0.25) is 9.89 Å². The average Bonchev–Trinajstić information content (AvgIpc) is 3.31. The van der Waals surface area contributed by atoms with E-state index in [0.29, 0.717) is 23.7 Å². The summed E-state index contributed by atoms with van der Waals surface area (Å²) in [5.74, 6) is 1.70. The fraction of sp³-hybridized carbons (Fsp3) is 0.630. The molecule has 3 unspecified atom stereocenters. The number of nitrogens with zero attached hydrogens (tertiary/aromatic N) is 2. The summed E-state index contributed by atoms with van der Waals surface area (Å²) in [6, 6.07) is 12.8. The topological polar surface area (TPSA) is 69.2 Å². The van der Waals surface area contributed by atoms with E-state index in [0.717, 1.165) is 45.3 Å². The normalized spacial score (nSPS) is 25.8. The second kappa shape index (κ2) is 9.78. The Balaban J connectivity index is 1.07. The Bertz CT molecular complexity index is 883. The average molecular weight is 436 g/mol. The number of piperidine rings is 1. The summed E-state index contributed by atoms with van der Waals surface area (Å²) >= 11 is 0. The van der Waals surface area contributed by atoms with Gasteiger partial charge in [-0.1, -0.05) is 43.2 Å². The lowest BCUT2D eigenvalue weighted by molar-refractivity contribution is -0.144. The number of benzene rings is 1. The molecule has 1 aromatic heterocycles. The summed E-state index contributed by atoms with van der Waals surface area (Å²) in [5.41, 5.74) is 3.74. The molecular weight excluding hydrogens is 398 g/mol. The molecule has 2 aliphatic carbocycles. The van der Waals surface area contributed by atoms with Crippen LogP contribution in [0.1, 0.15) is 74.2 Å². The second-order valence-electron chi connectivity index (χ2n) is 10.6. The van der Waals surface area contributed by atoms with Crippen molar-refractivity contribution in [2.75, 3.05) is 19.6 Å². The molecule has 0 radical (unpaired) electrons. The molecule has 2 heterocycles. The van der Waals surface area contributed by atoms with Gasteiger partial charge in [0.25, 0.3) is 0 Å². The molecule has 0 bridgehead atoms. The SMILES string of the molecule is O=C(O)C(CC1CC1)C1CCC(CN2CCC(c3cc(Cc4ccccc4)[nH]n3)CC2)C1. The van der Waals surface area contributed by atoms with Crippen LogP contribution in [0, 0.1) is 23.7 Å². The van der Waals surface area contributed by atoms with Gasteiger partial charge in [-0.2, -0.15) is 5.10 Å². The minimum atomic E-state index is -0.547. The number of carbonyl (C=O) groups is 1. The Labute approximate surface area is 191 Å². The summed E-state index contributed by atoms with van der Waals surface area (Å²) in [5, 5.41) is 17.6. The molecule has 2 saturated carbocycles. The molecule has 172 valence electrons. The summed E-state index contributed by atoms with van der Waals surface area (Å²) < 4.78 is 0. The number of H-pyrrole nitrogens is 1. The van der Waals surface area contributed by atoms with E-state index in [1.807, 2.05) is 0 Å². The van der Waals surface area contributed by atoms with Gasteiger partial charge < -0.3 is 10.0 Å². The van der Waals surface area contributed by atoms with E-state index in [1.165, 1.54) is 49.1 Å². The monoisotopic (exact) mass is 435 g/mol. The van der Waals surface area contributed by atoms with Gasteiger partial charge in [0, 0.05) is 24.6 Å². The van der Waals surface area contributed by atoms with Crippen LogP contribution in [-0.2, 0) is 11.2 Å². The third-order valence-corrected chi connectivity index (χ3v) is 8.16. The molecule has 5 heteroatoms. The highest BCUT2D eigenvalue weighted by molar-refractivity contribution is 5.70. The Kier molecular flexibility index (Phi) is 6.63. The quantitative estimate of drug-likeness (QED) is 0.575. The Morgan fingerprint density at radius 1 is 1.06 bits per heavy atom. The molecule has 5 rings (SSSR count). The number of aliphatic carboxylic acids is 1. The maximum atomic E-state index is 11.8. The van der Waals surface area contributed by atoms with Crippen LogP contribution >= 0.6 is 0 Å². The van der Waals surface area contributed by atoms with E-state index in [2.05, 4.69) is 51.5 Å². The summed E-state index contributed by atoms with van der Waals surface area (Å²) in [4.78, 5) is 14.4. The van der Waals surface area contributed by atoms with Crippen molar-refractivity contribution in [3.8, 4) is 0 Å². The fourth-order valence-electron chi connectivity index (χ4n) is 6.12. The van der Waals surface area contributed by atoms with Gasteiger partial charge >= 0.3 is 5.97 Å². The van der Waals surface area contributed by atoms with Crippen molar-refractivity contribution >= 4 is 5.97 Å². The number of aromatic nitrogens is 2. The van der Waals surface area contributed by atoms with E-state index in [1.54, 1.807) is 0 Å². The third kappa shape index (κ3) is 5.43. The molecule has 1 aromatic carbocycles. The molecule has 2 aromatic rings. The van der Waals surface area contributed by atoms with Crippen molar-refractivity contribution in [3.63, 3.8) is 0 Å². The first-order valence-electron chi connectivity index (χ1n) is 12.7. The van der Waals surface area contributed by atoms with Crippen LogP contribution in [0.5, 0.6) is 0 Å². The van der Waals surface area contributed by atoms with Crippen molar-refractivity contribution in [1.29, 1.82) is 0 Å². The van der Waals surface area contributed by atoms with Crippen LogP contribution in [0.15, 0.2) is 36.4 Å². The number of rotatable bonds is 9. The first-order chi connectivity index (χ1) is 15.6. The smallest absolute Gasteiger partial charge is 0.306 e. The van der Waals surface area contributed by atoms with Crippen LogP contribution in [0.3, 0.4) is 0 Å². The summed E-state index contributed by atoms with van der Waals surface area (Å²) in [6.45, 7) is 3.42. The van der Waals surface area contributed by atoms with Gasteiger partial charge in [0.2, 0.25) is 0 Å². The molecule has 2 N–H and O–H groups in total. The van der Waals surface area contributed by atoms with E-state index in [-0.39, 0.29) is 5.92 Å². The molecule has 3 aliphatic rings. The van der Waals surface area contributed by atoms with Gasteiger partial charge in [-0.15, -0.1) is 0 Å². The lowest BCUT2D eigenvalue weighted by Crippen LogP contribution is -2.36. The van der Waals surface area contributed by atoms with Crippen LogP contribution in [-0.4, -0.2) is 45.8 Å². The predicted molar refractivity (Wildman–Crippen MR) is 126 cm³/mol. The molecule has 0 spiro atoms. The van der Waals surface area contributed by atoms with Crippen molar-refractivity contribution in [1.82, 2.24) is 15.1 Å². The molecule has 0 amide bonds. The van der Waals surface area contributed by atoms with Crippen LogP contribution in [0.4, 0.5) is 0 Å². The van der Waals surface area contributed by atoms with Crippen LogP contribution in [0.25, 0.3) is 0 Å². The number of hydrogen-bond donors (Lipinski definition) is 2. The van der Waals surface area contributed by atoms with Gasteiger partial charge in [-0.05, 0) is 81.0 Å². The zero-order valence-corrected chi connectivity index (χ0v) is 19.1. The number of hydrogen-bond acceptors (Lipinski definition) is 3. The molecule has 1 aliphatic heterocycles. The first-order valence-corrected chi connectivity index (χ1v) is 12.7. The predicted octanol–water partition coefficient (Wildman–Crippen LogP) is 5.10. The minimum absolute atomic E-state index is 0.0945. The van der Waals surface area contributed by atoms with Crippen molar-refractivity contribution in [2.45, 2.75) is 63.7 Å². The number of carboxylic acid groups (broad SMARTS) is 1. The zero-order valence-electron chi connectivity index (χ0n) is 19.1. The number of aromatic amines is 1. The number of likely N-dealkylation sites (tertiary alicyclic amines) is 1. The van der Waals surface area contributed by atoms with E-state index >= 15 is 0 Å². The molecule has 32 heavy (non-hydrogen) atoms. The van der Waals surface area contributed by atoms with E-state index in [4.69, 9.17) is 0 Å². The van der Waals surface area contributed by atoms with Gasteiger partial charge in [0.1, 0.15) is 0 Å². The van der Waals surface area contributed by atoms with Gasteiger partial charge in [0.15, 0.2) is 0 Å². The van der Waals surface area contributed by atoms with Crippen molar-refractivity contribution in [2.24, 2.45) is 23.7 Å². The Morgan fingerprint density at radius 2 is 1.81 bits per heavy atom. The summed E-state index contributed by atoms with van der Waals surface area (Å²) in [7, 11) is 0. The highest BCUT2D eigenvalue weighted by Crippen LogP contribution is 2.43. The van der Waals surface area contributed by atoms with Crippen LogP contribution in [0.2, 0.25) is 0 Å². The Morgan fingerprint density at radius 3 is 2.53 bits per heavy atom. The van der Waals surface area contributed by atoms with Crippen LogP contribution < -0.4 is 0 Å². The zero-order chi connectivity index (χ0) is 21.9. The van der Waals surface area contributed by atoms with Gasteiger partial charge in [0.05, 0.1) is 11.6 Å². The summed E-state index contributed by atoms with van der Waals surface area (Å²) in [6.07, 6.45) is 10.1. The second-order valence-corrected chi connectivity index (χ2v) is 10.6. The fourth-order valence-corrected chi connectivity index (χ4v) is 6.12. The molecule has 3 atom stereocenters. The highest BCUT2D eigenvalue weighted by atomic mass is 16.4. The first kappa shape index (κ1) is 21.7. The number of carboxylic acids is 1. The maximum Gasteiger partial charge on any atom is 0.306 e. The third-order valence-electron chi connectivity index (χ3n) is 8.16. The largest absolute Gasteiger partial charge is 0.481 e.